The largest absolute Gasteiger partial charge is 0.496 e. The number of hydrogen-bond acceptors (Lipinski definition) is 3. The van der Waals surface area contributed by atoms with Crippen LogP contribution in [0.15, 0.2) is 22.7 Å². The van der Waals surface area contributed by atoms with Crippen molar-refractivity contribution in [1.29, 1.82) is 0 Å². The number of ether oxygens (including phenoxy) is 3. The van der Waals surface area contributed by atoms with E-state index >= 15 is 0 Å². The van der Waals surface area contributed by atoms with Crippen molar-refractivity contribution in [3.05, 3.63) is 28.2 Å². The molecule has 0 atom stereocenters. The van der Waals surface area contributed by atoms with Gasteiger partial charge in [-0.05, 0) is 22.0 Å². The second-order valence-corrected chi connectivity index (χ2v) is 3.73. The quantitative estimate of drug-likeness (QED) is 0.816. The molecular formula is C10H11BrO3. The maximum Gasteiger partial charge on any atom is 0.185 e. The molecule has 4 heteroatoms. The molecule has 0 aromatic heterocycles. The van der Waals surface area contributed by atoms with Crippen LogP contribution in [0.3, 0.4) is 0 Å². The lowest BCUT2D eigenvalue weighted by atomic mass is 10.2. The first-order valence-electron chi connectivity index (χ1n) is 4.38. The number of methoxy groups -OCH3 is 1. The first-order chi connectivity index (χ1) is 6.83. The van der Waals surface area contributed by atoms with Crippen LogP contribution < -0.4 is 4.74 Å². The molecule has 1 saturated heterocycles. The van der Waals surface area contributed by atoms with Gasteiger partial charge in [-0.15, -0.1) is 0 Å². The van der Waals surface area contributed by atoms with E-state index in [1.165, 1.54) is 0 Å². The van der Waals surface area contributed by atoms with Gasteiger partial charge in [0.2, 0.25) is 0 Å². The van der Waals surface area contributed by atoms with Gasteiger partial charge in [0.25, 0.3) is 0 Å². The zero-order chi connectivity index (χ0) is 9.97. The molecule has 1 heterocycles. The zero-order valence-electron chi connectivity index (χ0n) is 7.83. The van der Waals surface area contributed by atoms with Crippen molar-refractivity contribution in [2.75, 3.05) is 20.3 Å². The van der Waals surface area contributed by atoms with E-state index < -0.39 is 0 Å². The standard InChI is InChI=1S/C10H11BrO3/c1-12-8-4-2-3-7(9(8)11)10-13-5-6-14-10/h2-4,10H,5-6H2,1H3. The summed E-state index contributed by atoms with van der Waals surface area (Å²) in [5.74, 6) is 0.793. The lowest BCUT2D eigenvalue weighted by Crippen LogP contribution is -2.00. The van der Waals surface area contributed by atoms with Gasteiger partial charge >= 0.3 is 0 Å². The van der Waals surface area contributed by atoms with E-state index in [-0.39, 0.29) is 6.29 Å². The van der Waals surface area contributed by atoms with E-state index in [9.17, 15) is 0 Å². The summed E-state index contributed by atoms with van der Waals surface area (Å²) in [6.45, 7) is 1.29. The zero-order valence-corrected chi connectivity index (χ0v) is 9.41. The van der Waals surface area contributed by atoms with Crippen molar-refractivity contribution in [2.45, 2.75) is 6.29 Å². The van der Waals surface area contributed by atoms with Gasteiger partial charge in [0.15, 0.2) is 6.29 Å². The van der Waals surface area contributed by atoms with Crippen molar-refractivity contribution in [3.8, 4) is 5.75 Å². The molecule has 3 nitrogen and oxygen atoms in total. The van der Waals surface area contributed by atoms with E-state index in [0.29, 0.717) is 13.2 Å². The molecule has 0 bridgehead atoms. The molecule has 76 valence electrons. The van der Waals surface area contributed by atoms with Crippen LogP contribution in [0.5, 0.6) is 5.75 Å². The molecule has 0 amide bonds. The Bertz CT molecular complexity index is 321. The maximum atomic E-state index is 5.41. The van der Waals surface area contributed by atoms with Gasteiger partial charge in [-0.3, -0.25) is 0 Å². The predicted molar refractivity (Wildman–Crippen MR) is 55.3 cm³/mol. The average molecular weight is 259 g/mol. The summed E-state index contributed by atoms with van der Waals surface area (Å²) in [4.78, 5) is 0. The highest BCUT2D eigenvalue weighted by molar-refractivity contribution is 9.10. The van der Waals surface area contributed by atoms with Crippen molar-refractivity contribution < 1.29 is 14.2 Å². The molecule has 0 saturated carbocycles. The summed E-state index contributed by atoms with van der Waals surface area (Å²) in [6.07, 6.45) is -0.264. The molecule has 0 aliphatic carbocycles. The maximum absolute atomic E-state index is 5.41. The minimum Gasteiger partial charge on any atom is -0.496 e. The predicted octanol–water partition coefficient (Wildman–Crippen LogP) is 2.50. The summed E-state index contributed by atoms with van der Waals surface area (Å²) in [5.41, 5.74) is 0.974. The van der Waals surface area contributed by atoms with E-state index in [1.807, 2.05) is 18.2 Å². The number of benzene rings is 1. The minimum absolute atomic E-state index is 0.264. The molecule has 14 heavy (non-hydrogen) atoms. The van der Waals surface area contributed by atoms with Gasteiger partial charge in [0, 0.05) is 5.56 Å². The van der Waals surface area contributed by atoms with E-state index in [4.69, 9.17) is 14.2 Å². The Morgan fingerprint density at radius 3 is 2.71 bits per heavy atom. The van der Waals surface area contributed by atoms with Crippen LogP contribution in [-0.2, 0) is 9.47 Å². The first-order valence-corrected chi connectivity index (χ1v) is 5.18. The molecule has 1 fully saturated rings. The first kappa shape index (κ1) is 9.96. The van der Waals surface area contributed by atoms with Crippen molar-refractivity contribution in [1.82, 2.24) is 0 Å². The van der Waals surface area contributed by atoms with Crippen molar-refractivity contribution >= 4 is 15.9 Å². The highest BCUT2D eigenvalue weighted by atomic mass is 79.9. The lowest BCUT2D eigenvalue weighted by molar-refractivity contribution is -0.0447. The Labute approximate surface area is 91.1 Å². The van der Waals surface area contributed by atoms with Gasteiger partial charge in [-0.25, -0.2) is 0 Å². The number of rotatable bonds is 2. The SMILES string of the molecule is COc1cccc(C2OCCO2)c1Br. The lowest BCUT2D eigenvalue weighted by Gasteiger charge is -2.13. The molecule has 1 aromatic carbocycles. The summed E-state index contributed by atoms with van der Waals surface area (Å²) in [5, 5.41) is 0. The van der Waals surface area contributed by atoms with E-state index in [0.717, 1.165) is 15.8 Å². The number of halogens is 1. The number of hydrogen-bond donors (Lipinski definition) is 0. The average Bonchev–Trinajstić information content (AvgIpc) is 2.71. The molecule has 1 aliphatic heterocycles. The molecule has 0 N–H and O–H groups in total. The topological polar surface area (TPSA) is 27.7 Å². The van der Waals surface area contributed by atoms with Crippen LogP contribution in [0.1, 0.15) is 11.9 Å². The molecular weight excluding hydrogens is 248 g/mol. The molecule has 1 aromatic rings. The van der Waals surface area contributed by atoms with Crippen LogP contribution in [0.4, 0.5) is 0 Å². The second kappa shape index (κ2) is 4.29. The van der Waals surface area contributed by atoms with Gasteiger partial charge in [0.1, 0.15) is 5.75 Å². The summed E-state index contributed by atoms with van der Waals surface area (Å²) in [6, 6.07) is 5.77. The summed E-state index contributed by atoms with van der Waals surface area (Å²) < 4.78 is 16.9. The van der Waals surface area contributed by atoms with Crippen LogP contribution in [0, 0.1) is 0 Å². The minimum atomic E-state index is -0.264. The fourth-order valence-electron chi connectivity index (χ4n) is 1.41. The van der Waals surface area contributed by atoms with Gasteiger partial charge in [-0.2, -0.15) is 0 Å². The Morgan fingerprint density at radius 1 is 1.36 bits per heavy atom. The molecule has 0 radical (unpaired) electrons. The highest BCUT2D eigenvalue weighted by Gasteiger charge is 2.21. The normalized spacial score (nSPS) is 17.3. The van der Waals surface area contributed by atoms with Crippen LogP contribution in [-0.4, -0.2) is 20.3 Å². The van der Waals surface area contributed by atoms with E-state index in [1.54, 1.807) is 7.11 Å². The van der Waals surface area contributed by atoms with Crippen molar-refractivity contribution in [2.24, 2.45) is 0 Å². The monoisotopic (exact) mass is 258 g/mol. The molecule has 1 aliphatic rings. The Balaban J connectivity index is 2.32. The fraction of sp³-hybridized carbons (Fsp3) is 0.400. The Hall–Kier alpha value is -0.580. The third-order valence-corrected chi connectivity index (χ3v) is 2.94. The molecule has 2 rings (SSSR count). The van der Waals surface area contributed by atoms with Crippen molar-refractivity contribution in [3.63, 3.8) is 0 Å². The third kappa shape index (κ3) is 1.78. The van der Waals surface area contributed by atoms with Crippen LogP contribution >= 0.6 is 15.9 Å². The summed E-state index contributed by atoms with van der Waals surface area (Å²) in [7, 11) is 1.64. The second-order valence-electron chi connectivity index (χ2n) is 2.94. The smallest absolute Gasteiger partial charge is 0.185 e. The Morgan fingerprint density at radius 2 is 2.07 bits per heavy atom. The van der Waals surface area contributed by atoms with Crippen LogP contribution in [0.2, 0.25) is 0 Å². The molecule has 0 unspecified atom stereocenters. The fourth-order valence-corrected chi connectivity index (χ4v) is 2.02. The van der Waals surface area contributed by atoms with Gasteiger partial charge < -0.3 is 14.2 Å². The van der Waals surface area contributed by atoms with Crippen LogP contribution in [0.25, 0.3) is 0 Å². The Kier molecular flexibility index (Phi) is 3.05. The highest BCUT2D eigenvalue weighted by Crippen LogP contribution is 2.35. The van der Waals surface area contributed by atoms with Gasteiger partial charge in [-0.1, -0.05) is 12.1 Å². The molecule has 0 spiro atoms. The van der Waals surface area contributed by atoms with Gasteiger partial charge in [0.05, 0.1) is 24.8 Å². The third-order valence-electron chi connectivity index (χ3n) is 2.09. The summed E-state index contributed by atoms with van der Waals surface area (Å²) >= 11 is 3.47. The van der Waals surface area contributed by atoms with E-state index in [2.05, 4.69) is 15.9 Å².